The Morgan fingerprint density at radius 1 is 1.25 bits per heavy atom. The van der Waals surface area contributed by atoms with Crippen LogP contribution in [-0.4, -0.2) is 62.8 Å². The van der Waals surface area contributed by atoms with Crippen LogP contribution in [0, 0.1) is 5.92 Å². The second kappa shape index (κ2) is 7.51. The summed E-state index contributed by atoms with van der Waals surface area (Å²) < 4.78 is 27.1. The van der Waals surface area contributed by atoms with Gasteiger partial charge in [-0.05, 0) is 57.3 Å². The molecule has 1 atom stereocenters. The van der Waals surface area contributed by atoms with Gasteiger partial charge in [0.2, 0.25) is 5.91 Å². The van der Waals surface area contributed by atoms with Crippen LogP contribution in [0.1, 0.15) is 25.7 Å². The lowest BCUT2D eigenvalue weighted by molar-refractivity contribution is -0.127. The van der Waals surface area contributed by atoms with Crippen LogP contribution in [0.3, 0.4) is 0 Å². The lowest BCUT2D eigenvalue weighted by atomic mass is 9.97. The van der Waals surface area contributed by atoms with Crippen molar-refractivity contribution in [2.24, 2.45) is 5.92 Å². The second-order valence-electron chi connectivity index (χ2n) is 6.72. The summed E-state index contributed by atoms with van der Waals surface area (Å²) in [6.45, 7) is 2.78. The van der Waals surface area contributed by atoms with Gasteiger partial charge in [0, 0.05) is 19.1 Å². The van der Waals surface area contributed by atoms with Crippen LogP contribution in [0.4, 0.5) is 0 Å². The number of thiophene rings is 1. The van der Waals surface area contributed by atoms with Crippen LogP contribution < -0.4 is 5.32 Å². The van der Waals surface area contributed by atoms with Crippen molar-refractivity contribution < 1.29 is 13.2 Å². The van der Waals surface area contributed by atoms with Gasteiger partial charge in [-0.1, -0.05) is 6.07 Å². The average molecular weight is 372 g/mol. The lowest BCUT2D eigenvalue weighted by Crippen LogP contribution is -2.49. The molecule has 0 aliphatic carbocycles. The summed E-state index contributed by atoms with van der Waals surface area (Å²) in [5.41, 5.74) is 0. The fourth-order valence-corrected chi connectivity index (χ4v) is 6.05. The van der Waals surface area contributed by atoms with Crippen molar-refractivity contribution in [3.63, 3.8) is 0 Å². The number of nitrogens with zero attached hydrogens (tertiary/aromatic N) is 2. The number of hydrogen-bond acceptors (Lipinski definition) is 5. The predicted octanol–water partition coefficient (Wildman–Crippen LogP) is 1.36. The van der Waals surface area contributed by atoms with Crippen LogP contribution in [0.25, 0.3) is 0 Å². The van der Waals surface area contributed by atoms with Crippen molar-refractivity contribution in [3.05, 3.63) is 17.5 Å². The summed E-state index contributed by atoms with van der Waals surface area (Å²) >= 11 is 1.23. The number of sulfonamides is 1. The largest absolute Gasteiger partial charge is 0.353 e. The molecular weight excluding hydrogens is 346 g/mol. The maximum absolute atomic E-state index is 12.6. The molecule has 0 radical (unpaired) electrons. The maximum atomic E-state index is 12.6. The Morgan fingerprint density at radius 2 is 2.00 bits per heavy atom. The highest BCUT2D eigenvalue weighted by Crippen LogP contribution is 2.26. The first-order valence-electron chi connectivity index (χ1n) is 8.49. The van der Waals surface area contributed by atoms with Gasteiger partial charge in [0.15, 0.2) is 0 Å². The van der Waals surface area contributed by atoms with Crippen LogP contribution in [0.15, 0.2) is 21.7 Å². The monoisotopic (exact) mass is 371 g/mol. The van der Waals surface area contributed by atoms with Crippen molar-refractivity contribution in [1.29, 1.82) is 0 Å². The zero-order valence-corrected chi connectivity index (χ0v) is 15.6. The van der Waals surface area contributed by atoms with Crippen LogP contribution in [0.2, 0.25) is 0 Å². The highest BCUT2D eigenvalue weighted by Gasteiger charge is 2.34. The molecule has 0 unspecified atom stereocenters. The van der Waals surface area contributed by atoms with Gasteiger partial charge in [0.25, 0.3) is 10.0 Å². The molecule has 2 saturated heterocycles. The Balaban J connectivity index is 1.60. The molecule has 1 aromatic heterocycles. The molecule has 0 aromatic carbocycles. The molecule has 0 bridgehead atoms. The average Bonchev–Trinajstić information content (AvgIpc) is 3.12. The van der Waals surface area contributed by atoms with Crippen molar-refractivity contribution in [2.75, 3.05) is 33.2 Å². The number of nitrogens with one attached hydrogen (secondary N) is 1. The molecule has 1 aromatic rings. The zero-order chi connectivity index (χ0) is 17.2. The van der Waals surface area contributed by atoms with Gasteiger partial charge in [-0.3, -0.25) is 4.79 Å². The van der Waals surface area contributed by atoms with Crippen molar-refractivity contribution in [3.8, 4) is 0 Å². The number of piperidine rings is 2. The summed E-state index contributed by atoms with van der Waals surface area (Å²) in [5.74, 6) is -0.233. The van der Waals surface area contributed by atoms with Gasteiger partial charge in [0.05, 0.1) is 5.92 Å². The highest BCUT2D eigenvalue weighted by atomic mass is 32.2. The van der Waals surface area contributed by atoms with Crippen LogP contribution in [0.5, 0.6) is 0 Å². The van der Waals surface area contributed by atoms with E-state index in [1.165, 1.54) is 15.6 Å². The molecule has 134 valence electrons. The first-order valence-corrected chi connectivity index (χ1v) is 10.8. The van der Waals surface area contributed by atoms with E-state index in [1.807, 2.05) is 0 Å². The zero-order valence-electron chi connectivity index (χ0n) is 14.0. The van der Waals surface area contributed by atoms with E-state index in [4.69, 9.17) is 0 Å². The van der Waals surface area contributed by atoms with E-state index < -0.39 is 10.0 Å². The maximum Gasteiger partial charge on any atom is 0.252 e. The Hall–Kier alpha value is -0.960. The highest BCUT2D eigenvalue weighted by molar-refractivity contribution is 7.91. The van der Waals surface area contributed by atoms with Gasteiger partial charge in [-0.25, -0.2) is 8.42 Å². The number of likely N-dealkylation sites (tertiary alicyclic amines) is 1. The molecule has 3 rings (SSSR count). The summed E-state index contributed by atoms with van der Waals surface area (Å²) in [7, 11) is -1.37. The molecule has 6 nitrogen and oxygen atoms in total. The van der Waals surface area contributed by atoms with E-state index >= 15 is 0 Å². The van der Waals surface area contributed by atoms with Crippen molar-refractivity contribution >= 4 is 27.3 Å². The standard InChI is InChI=1S/C16H25N3O3S2/c1-18-9-6-14(7-10-18)17-16(20)13-4-2-8-19(12-13)24(21,22)15-5-3-11-23-15/h3,5,11,13-14H,2,4,6-10,12H2,1H3,(H,17,20)/t13-/m0/s1. The molecule has 0 spiro atoms. The topological polar surface area (TPSA) is 69.7 Å². The molecule has 2 aliphatic heterocycles. The number of carbonyl (C=O) groups excluding carboxylic acids is 1. The third kappa shape index (κ3) is 3.99. The minimum atomic E-state index is -3.46. The van der Waals surface area contributed by atoms with Gasteiger partial charge in [0.1, 0.15) is 4.21 Å². The van der Waals surface area contributed by atoms with Gasteiger partial charge >= 0.3 is 0 Å². The molecule has 1 amide bonds. The minimum absolute atomic E-state index is 0.00985. The summed E-state index contributed by atoms with van der Waals surface area (Å²) in [6, 6.07) is 3.59. The molecule has 24 heavy (non-hydrogen) atoms. The summed E-state index contributed by atoms with van der Waals surface area (Å²) in [6.07, 6.45) is 3.42. The van der Waals surface area contributed by atoms with E-state index in [1.54, 1.807) is 17.5 Å². The fraction of sp³-hybridized carbons (Fsp3) is 0.688. The quantitative estimate of drug-likeness (QED) is 0.868. The normalized spacial score (nSPS) is 24.8. The van der Waals surface area contributed by atoms with Gasteiger partial charge in [-0.2, -0.15) is 4.31 Å². The first kappa shape index (κ1) is 17.8. The molecule has 8 heteroatoms. The fourth-order valence-electron chi connectivity index (χ4n) is 3.38. The lowest BCUT2D eigenvalue weighted by Gasteiger charge is -2.33. The number of hydrogen-bond donors (Lipinski definition) is 1. The molecule has 1 N–H and O–H groups in total. The Kier molecular flexibility index (Phi) is 5.59. The Bertz CT molecular complexity index is 652. The number of amides is 1. The third-order valence-corrected chi connectivity index (χ3v) is 8.15. The van der Waals surface area contributed by atoms with Crippen molar-refractivity contribution in [2.45, 2.75) is 35.9 Å². The molecule has 3 heterocycles. The molecule has 2 fully saturated rings. The van der Waals surface area contributed by atoms with Gasteiger partial charge in [-0.15, -0.1) is 11.3 Å². The van der Waals surface area contributed by atoms with Crippen LogP contribution >= 0.6 is 11.3 Å². The SMILES string of the molecule is CN1CCC(NC(=O)[C@H]2CCCN(S(=O)(=O)c3cccs3)C2)CC1. The Morgan fingerprint density at radius 3 is 2.67 bits per heavy atom. The smallest absolute Gasteiger partial charge is 0.252 e. The molecule has 0 saturated carbocycles. The number of rotatable bonds is 4. The number of carbonyl (C=O) groups is 1. The minimum Gasteiger partial charge on any atom is -0.353 e. The van der Waals surface area contributed by atoms with Crippen LogP contribution in [-0.2, 0) is 14.8 Å². The van der Waals surface area contributed by atoms with E-state index in [-0.39, 0.29) is 17.9 Å². The molecular formula is C16H25N3O3S2. The van der Waals surface area contributed by atoms with E-state index in [2.05, 4.69) is 17.3 Å². The Labute approximate surface area is 147 Å². The third-order valence-electron chi connectivity index (χ3n) is 4.91. The van der Waals surface area contributed by atoms with E-state index in [0.717, 1.165) is 38.8 Å². The first-order chi connectivity index (χ1) is 11.5. The summed E-state index contributed by atoms with van der Waals surface area (Å²) in [5, 5.41) is 4.90. The second-order valence-corrected chi connectivity index (χ2v) is 9.83. The predicted molar refractivity (Wildman–Crippen MR) is 94.5 cm³/mol. The molecule has 2 aliphatic rings. The van der Waals surface area contributed by atoms with Gasteiger partial charge < -0.3 is 10.2 Å². The summed E-state index contributed by atoms with van der Waals surface area (Å²) in [4.78, 5) is 14.8. The van der Waals surface area contributed by atoms with E-state index in [0.29, 0.717) is 17.3 Å². The van der Waals surface area contributed by atoms with E-state index in [9.17, 15) is 13.2 Å². The van der Waals surface area contributed by atoms with Crippen molar-refractivity contribution in [1.82, 2.24) is 14.5 Å².